The van der Waals surface area contributed by atoms with E-state index in [1.807, 2.05) is 18.3 Å². The number of imidazole rings is 1. The van der Waals surface area contributed by atoms with Crippen LogP contribution in [0.5, 0.6) is 0 Å². The maximum atomic E-state index is 13.5. The number of halogens is 1. The van der Waals surface area contributed by atoms with E-state index < -0.39 is 0 Å². The number of hydrogen-bond acceptors (Lipinski definition) is 3. The van der Waals surface area contributed by atoms with Gasteiger partial charge in [-0.25, -0.2) is 9.37 Å². The molecule has 7 rings (SSSR count). The summed E-state index contributed by atoms with van der Waals surface area (Å²) < 4.78 is 18.0. The molecular weight excluding hydrogens is 437 g/mol. The number of fused-ring (bicyclic) bond motifs is 5. The molecule has 2 saturated heterocycles. The zero-order valence-corrected chi connectivity index (χ0v) is 19.9. The summed E-state index contributed by atoms with van der Waals surface area (Å²) in [6, 6.07) is 15.8. The first-order chi connectivity index (χ1) is 17.2. The second-order valence-corrected chi connectivity index (χ2v) is 10.3. The van der Waals surface area contributed by atoms with E-state index in [9.17, 15) is 4.39 Å². The summed E-state index contributed by atoms with van der Waals surface area (Å²) in [5.74, 6) is 1.49. The number of benzene rings is 2. The minimum atomic E-state index is -0.212. The van der Waals surface area contributed by atoms with Crippen LogP contribution in [0.4, 0.5) is 10.1 Å². The molecule has 3 aliphatic rings. The first-order valence-corrected chi connectivity index (χ1v) is 12.8. The minimum absolute atomic E-state index is 0.212. The highest BCUT2D eigenvalue weighted by atomic mass is 19.1. The normalized spacial score (nSPS) is 19.5. The molecule has 5 heterocycles. The Kier molecular flexibility index (Phi) is 5.02. The molecule has 0 spiro atoms. The number of nitrogens with zero attached hydrogens (tertiary/aromatic N) is 5. The van der Waals surface area contributed by atoms with Crippen LogP contribution in [-0.2, 0) is 6.54 Å². The van der Waals surface area contributed by atoms with Gasteiger partial charge in [0.15, 0.2) is 5.82 Å². The maximum Gasteiger partial charge on any atom is 0.161 e. The molecule has 3 aliphatic heterocycles. The predicted molar refractivity (Wildman–Crippen MR) is 137 cm³/mol. The van der Waals surface area contributed by atoms with Gasteiger partial charge in [0.25, 0.3) is 0 Å². The molecule has 35 heavy (non-hydrogen) atoms. The Morgan fingerprint density at radius 2 is 1.80 bits per heavy atom. The highest BCUT2D eigenvalue weighted by Crippen LogP contribution is 2.36. The fourth-order valence-electron chi connectivity index (χ4n) is 6.18. The van der Waals surface area contributed by atoms with Gasteiger partial charge >= 0.3 is 0 Å². The molecule has 0 unspecified atom stereocenters. The summed E-state index contributed by atoms with van der Waals surface area (Å²) in [5.41, 5.74) is 6.99. The van der Waals surface area contributed by atoms with E-state index in [1.54, 1.807) is 0 Å². The summed E-state index contributed by atoms with van der Waals surface area (Å²) in [4.78, 5) is 9.93. The summed E-state index contributed by atoms with van der Waals surface area (Å²) in [6.07, 6.45) is 10.1. The standard InChI is InChI=1S/C29H30FN5/c30-25-5-3-22(4-6-25)23-16-28-29-31-10-14-35(29)27-8-7-26(15-24(27)20-34(28)19-23)33-13-9-21(18-33)17-32-11-1-2-12-32/h3-8,10,14-16,19,21H,1-2,9,11-13,17-18,20H2/t21-/m0/s1. The molecule has 0 saturated carbocycles. The van der Waals surface area contributed by atoms with Crippen molar-refractivity contribution in [2.75, 3.05) is 37.6 Å². The molecule has 0 amide bonds. The van der Waals surface area contributed by atoms with Gasteiger partial charge in [0.1, 0.15) is 5.82 Å². The van der Waals surface area contributed by atoms with Crippen LogP contribution in [0.2, 0.25) is 0 Å². The van der Waals surface area contributed by atoms with Crippen molar-refractivity contribution in [2.24, 2.45) is 5.92 Å². The van der Waals surface area contributed by atoms with Gasteiger partial charge in [0, 0.05) is 56.0 Å². The maximum absolute atomic E-state index is 13.5. The number of hydrogen-bond donors (Lipinski definition) is 0. The Bertz CT molecular complexity index is 1360. The Morgan fingerprint density at radius 3 is 2.66 bits per heavy atom. The van der Waals surface area contributed by atoms with E-state index in [2.05, 4.69) is 55.6 Å². The van der Waals surface area contributed by atoms with Crippen molar-refractivity contribution in [3.05, 3.63) is 78.5 Å². The number of rotatable bonds is 4. The molecule has 0 bridgehead atoms. The molecule has 0 radical (unpaired) electrons. The van der Waals surface area contributed by atoms with Crippen LogP contribution in [0.15, 0.2) is 67.1 Å². The third kappa shape index (κ3) is 3.76. The second-order valence-electron chi connectivity index (χ2n) is 10.3. The van der Waals surface area contributed by atoms with Crippen LogP contribution in [0, 0.1) is 11.7 Å². The predicted octanol–water partition coefficient (Wildman–Crippen LogP) is 5.43. The molecule has 0 N–H and O–H groups in total. The number of aromatic nitrogens is 3. The average Bonchev–Trinajstić information content (AvgIpc) is 3.67. The lowest BCUT2D eigenvalue weighted by atomic mass is 10.1. The summed E-state index contributed by atoms with van der Waals surface area (Å²) in [5, 5.41) is 0. The fraction of sp³-hybridized carbons (Fsp3) is 0.345. The van der Waals surface area contributed by atoms with Gasteiger partial charge in [0.05, 0.1) is 11.4 Å². The highest BCUT2D eigenvalue weighted by molar-refractivity contribution is 5.72. The lowest BCUT2D eigenvalue weighted by Crippen LogP contribution is -2.29. The fourth-order valence-corrected chi connectivity index (χ4v) is 6.18. The third-order valence-electron chi connectivity index (χ3n) is 7.97. The summed E-state index contributed by atoms with van der Waals surface area (Å²) >= 11 is 0. The summed E-state index contributed by atoms with van der Waals surface area (Å²) in [7, 11) is 0. The van der Waals surface area contributed by atoms with Crippen LogP contribution in [0.3, 0.4) is 0 Å². The zero-order valence-electron chi connectivity index (χ0n) is 19.9. The first-order valence-electron chi connectivity index (χ1n) is 12.8. The Morgan fingerprint density at radius 1 is 0.943 bits per heavy atom. The van der Waals surface area contributed by atoms with Gasteiger partial charge < -0.3 is 14.4 Å². The van der Waals surface area contributed by atoms with Crippen LogP contribution < -0.4 is 4.90 Å². The molecule has 1 atom stereocenters. The molecule has 178 valence electrons. The Hall–Kier alpha value is -3.38. The van der Waals surface area contributed by atoms with E-state index in [4.69, 9.17) is 4.98 Å². The third-order valence-corrected chi connectivity index (χ3v) is 7.97. The van der Waals surface area contributed by atoms with Gasteiger partial charge in [-0.2, -0.15) is 0 Å². The van der Waals surface area contributed by atoms with Gasteiger partial charge in [-0.15, -0.1) is 0 Å². The van der Waals surface area contributed by atoms with Crippen molar-refractivity contribution in [3.63, 3.8) is 0 Å². The first kappa shape index (κ1) is 20.9. The Balaban J connectivity index is 1.20. The van der Waals surface area contributed by atoms with Gasteiger partial charge in [-0.1, -0.05) is 12.1 Å². The molecule has 2 aromatic carbocycles. The molecule has 5 nitrogen and oxygen atoms in total. The highest BCUT2D eigenvalue weighted by Gasteiger charge is 2.27. The largest absolute Gasteiger partial charge is 0.371 e. The Labute approximate surface area is 205 Å². The van der Waals surface area contributed by atoms with Crippen LogP contribution >= 0.6 is 0 Å². The second kappa shape index (κ2) is 8.38. The molecule has 2 fully saturated rings. The van der Waals surface area contributed by atoms with E-state index in [1.165, 1.54) is 68.0 Å². The lowest BCUT2D eigenvalue weighted by molar-refractivity contribution is 0.289. The smallest absolute Gasteiger partial charge is 0.161 e. The van der Waals surface area contributed by atoms with Crippen molar-refractivity contribution in [1.82, 2.24) is 19.0 Å². The van der Waals surface area contributed by atoms with Crippen molar-refractivity contribution in [1.29, 1.82) is 0 Å². The number of likely N-dealkylation sites (tertiary alicyclic amines) is 1. The van der Waals surface area contributed by atoms with Crippen molar-refractivity contribution in [2.45, 2.75) is 25.8 Å². The quantitative estimate of drug-likeness (QED) is 0.353. The van der Waals surface area contributed by atoms with Crippen molar-refractivity contribution < 1.29 is 4.39 Å². The SMILES string of the molecule is Fc1ccc(-c2cc3n(c2)Cc2cc(N4CC[C@@H](CN5CCCC5)C4)ccc2-n2ccnc2-3)cc1. The van der Waals surface area contributed by atoms with Crippen molar-refractivity contribution in [3.8, 4) is 28.3 Å². The van der Waals surface area contributed by atoms with E-state index in [0.717, 1.165) is 48.2 Å². The van der Waals surface area contributed by atoms with Crippen LogP contribution in [0.25, 0.3) is 28.3 Å². The van der Waals surface area contributed by atoms with Gasteiger partial charge in [-0.05, 0) is 85.8 Å². The van der Waals surface area contributed by atoms with E-state index in [0.29, 0.717) is 0 Å². The zero-order chi connectivity index (χ0) is 23.4. The van der Waals surface area contributed by atoms with Gasteiger partial charge in [0.2, 0.25) is 0 Å². The van der Waals surface area contributed by atoms with Crippen LogP contribution in [-0.4, -0.2) is 51.7 Å². The van der Waals surface area contributed by atoms with Crippen LogP contribution in [0.1, 0.15) is 24.8 Å². The average molecular weight is 468 g/mol. The molecular formula is C29H30FN5. The van der Waals surface area contributed by atoms with Crippen molar-refractivity contribution >= 4 is 5.69 Å². The minimum Gasteiger partial charge on any atom is -0.371 e. The van der Waals surface area contributed by atoms with E-state index >= 15 is 0 Å². The summed E-state index contributed by atoms with van der Waals surface area (Å²) in [6.45, 7) is 6.88. The molecule has 4 aromatic rings. The number of anilines is 1. The van der Waals surface area contributed by atoms with Gasteiger partial charge in [-0.3, -0.25) is 4.57 Å². The monoisotopic (exact) mass is 467 g/mol. The molecule has 2 aromatic heterocycles. The topological polar surface area (TPSA) is 29.2 Å². The van der Waals surface area contributed by atoms with E-state index in [-0.39, 0.29) is 5.82 Å². The molecule has 6 heteroatoms. The molecule has 0 aliphatic carbocycles. The lowest BCUT2D eigenvalue weighted by Gasteiger charge is -2.23.